The van der Waals surface area contributed by atoms with Gasteiger partial charge in [-0.25, -0.2) is 0 Å². The Balaban J connectivity index is 1.49. The molecule has 0 spiro atoms. The Morgan fingerprint density at radius 3 is 2.89 bits per heavy atom. The highest BCUT2D eigenvalue weighted by molar-refractivity contribution is 6.31. The van der Waals surface area contributed by atoms with Gasteiger partial charge >= 0.3 is 0 Å². The highest BCUT2D eigenvalue weighted by Crippen LogP contribution is 2.36. The molecule has 138 valence electrons. The third-order valence-corrected chi connectivity index (χ3v) is 6.09. The molecule has 0 aliphatic carbocycles. The molecule has 4 heterocycles. The molecule has 2 atom stereocenters. The molecule has 0 radical (unpaired) electrons. The summed E-state index contributed by atoms with van der Waals surface area (Å²) in [6.07, 6.45) is 1.02. The lowest BCUT2D eigenvalue weighted by Crippen LogP contribution is -2.49. The van der Waals surface area contributed by atoms with Crippen molar-refractivity contribution in [3.8, 4) is 0 Å². The number of furan rings is 1. The fourth-order valence-electron chi connectivity index (χ4n) is 4.60. The standard InChI is InChI=1S/C21H19ClN2O3/c1-12-16-8-15(22)5-6-18(16)27-20(12)21(26)23-9-13-7-14(11-23)17-3-2-4-19(25)24(17)10-13/h2-6,8,13-14H,7,9-11H2,1H3. The number of aromatic nitrogens is 1. The Labute approximate surface area is 161 Å². The molecule has 1 saturated heterocycles. The maximum atomic E-state index is 13.2. The number of halogens is 1. The fourth-order valence-corrected chi connectivity index (χ4v) is 4.78. The summed E-state index contributed by atoms with van der Waals surface area (Å²) in [7, 11) is 0. The van der Waals surface area contributed by atoms with E-state index in [1.165, 1.54) is 0 Å². The third-order valence-electron chi connectivity index (χ3n) is 5.86. The van der Waals surface area contributed by atoms with Gasteiger partial charge in [-0.15, -0.1) is 0 Å². The van der Waals surface area contributed by atoms with Crippen LogP contribution in [0.5, 0.6) is 0 Å². The van der Waals surface area contributed by atoms with E-state index in [0.29, 0.717) is 41.9 Å². The Morgan fingerprint density at radius 2 is 2.04 bits per heavy atom. The van der Waals surface area contributed by atoms with Crippen LogP contribution in [0.15, 0.2) is 45.6 Å². The number of likely N-dealkylation sites (tertiary alicyclic amines) is 1. The van der Waals surface area contributed by atoms with Crippen LogP contribution in [-0.4, -0.2) is 28.5 Å². The van der Waals surface area contributed by atoms with Crippen LogP contribution in [0.1, 0.15) is 34.2 Å². The molecule has 1 amide bonds. The van der Waals surface area contributed by atoms with E-state index in [4.69, 9.17) is 16.0 Å². The van der Waals surface area contributed by atoms with Gasteiger partial charge in [-0.1, -0.05) is 17.7 Å². The lowest BCUT2D eigenvalue weighted by Gasteiger charge is -2.42. The van der Waals surface area contributed by atoms with Crippen molar-refractivity contribution in [3.05, 3.63) is 68.8 Å². The summed E-state index contributed by atoms with van der Waals surface area (Å²) in [5.41, 5.74) is 2.58. The topological polar surface area (TPSA) is 55.5 Å². The SMILES string of the molecule is Cc1c(C(=O)N2CC3CC(C2)c2cccc(=O)n2C3)oc2ccc(Cl)cc12. The monoisotopic (exact) mass is 382 g/mol. The average Bonchev–Trinajstić information content (AvgIpc) is 2.98. The summed E-state index contributed by atoms with van der Waals surface area (Å²) in [5, 5.41) is 1.50. The van der Waals surface area contributed by atoms with Crippen LogP contribution in [0.4, 0.5) is 0 Å². The largest absolute Gasteiger partial charge is 0.451 e. The van der Waals surface area contributed by atoms with E-state index in [2.05, 4.69) is 0 Å². The lowest BCUT2D eigenvalue weighted by atomic mass is 9.83. The van der Waals surface area contributed by atoms with E-state index in [9.17, 15) is 9.59 Å². The van der Waals surface area contributed by atoms with Crippen LogP contribution in [0.25, 0.3) is 11.0 Å². The van der Waals surface area contributed by atoms with Gasteiger partial charge < -0.3 is 13.9 Å². The molecule has 2 unspecified atom stereocenters. The molecule has 0 saturated carbocycles. The molecular weight excluding hydrogens is 364 g/mol. The molecule has 2 aliphatic rings. The number of hydrogen-bond donors (Lipinski definition) is 0. The summed E-state index contributed by atoms with van der Waals surface area (Å²) in [5.74, 6) is 0.785. The molecular formula is C21H19ClN2O3. The van der Waals surface area contributed by atoms with Crippen molar-refractivity contribution in [2.75, 3.05) is 13.1 Å². The lowest BCUT2D eigenvalue weighted by molar-refractivity contribution is 0.0565. The van der Waals surface area contributed by atoms with Gasteiger partial charge in [-0.2, -0.15) is 0 Å². The molecule has 2 aromatic heterocycles. The average molecular weight is 383 g/mol. The molecule has 5 rings (SSSR count). The quantitative estimate of drug-likeness (QED) is 0.643. The van der Waals surface area contributed by atoms with Crippen LogP contribution in [-0.2, 0) is 6.54 Å². The number of benzene rings is 1. The molecule has 6 heteroatoms. The molecule has 27 heavy (non-hydrogen) atoms. The molecule has 2 aliphatic heterocycles. The number of hydrogen-bond acceptors (Lipinski definition) is 3. The first kappa shape index (κ1) is 16.6. The molecule has 0 N–H and O–H groups in total. The third kappa shape index (κ3) is 2.60. The number of aryl methyl sites for hydroxylation is 1. The maximum Gasteiger partial charge on any atom is 0.289 e. The van der Waals surface area contributed by atoms with Crippen LogP contribution < -0.4 is 5.56 Å². The Kier molecular flexibility index (Phi) is 3.69. The van der Waals surface area contributed by atoms with Gasteiger partial charge in [0, 0.05) is 53.3 Å². The van der Waals surface area contributed by atoms with E-state index in [-0.39, 0.29) is 17.4 Å². The second-order valence-electron chi connectivity index (χ2n) is 7.60. The predicted molar refractivity (Wildman–Crippen MR) is 103 cm³/mol. The van der Waals surface area contributed by atoms with Crippen molar-refractivity contribution in [3.63, 3.8) is 0 Å². The van der Waals surface area contributed by atoms with Crippen molar-refractivity contribution in [1.82, 2.24) is 9.47 Å². The minimum atomic E-state index is -0.0822. The fraction of sp³-hybridized carbons (Fsp3) is 0.333. The zero-order valence-electron chi connectivity index (χ0n) is 14.9. The molecule has 1 fully saturated rings. The van der Waals surface area contributed by atoms with Crippen LogP contribution >= 0.6 is 11.6 Å². The van der Waals surface area contributed by atoms with Crippen LogP contribution in [0, 0.1) is 12.8 Å². The van der Waals surface area contributed by atoms with E-state index in [0.717, 1.165) is 23.1 Å². The summed E-state index contributed by atoms with van der Waals surface area (Å²) in [4.78, 5) is 27.3. The van der Waals surface area contributed by atoms with Gasteiger partial charge in [0.1, 0.15) is 5.58 Å². The van der Waals surface area contributed by atoms with Crippen LogP contribution in [0.3, 0.4) is 0 Å². The van der Waals surface area contributed by atoms with Crippen molar-refractivity contribution < 1.29 is 9.21 Å². The Bertz CT molecular complexity index is 1130. The summed E-state index contributed by atoms with van der Waals surface area (Å²) in [6.45, 7) is 3.82. The molecule has 2 bridgehead atoms. The summed E-state index contributed by atoms with van der Waals surface area (Å²) < 4.78 is 7.74. The number of pyridine rings is 1. The van der Waals surface area contributed by atoms with E-state index < -0.39 is 0 Å². The number of carbonyl (C=O) groups excluding carboxylic acids is 1. The highest BCUT2D eigenvalue weighted by Gasteiger charge is 2.37. The first-order chi connectivity index (χ1) is 13.0. The Hall–Kier alpha value is -2.53. The van der Waals surface area contributed by atoms with Crippen LogP contribution in [0.2, 0.25) is 5.02 Å². The van der Waals surface area contributed by atoms with Crippen molar-refractivity contribution in [1.29, 1.82) is 0 Å². The zero-order chi connectivity index (χ0) is 18.7. The summed E-state index contributed by atoms with van der Waals surface area (Å²) in [6, 6.07) is 10.8. The van der Waals surface area contributed by atoms with E-state index >= 15 is 0 Å². The van der Waals surface area contributed by atoms with Crippen molar-refractivity contribution in [2.45, 2.75) is 25.8 Å². The normalized spacial score (nSPS) is 21.3. The minimum absolute atomic E-state index is 0.0481. The Morgan fingerprint density at radius 1 is 1.19 bits per heavy atom. The van der Waals surface area contributed by atoms with Crippen molar-refractivity contribution >= 4 is 28.5 Å². The number of piperidine rings is 1. The van der Waals surface area contributed by atoms with E-state index in [1.54, 1.807) is 18.2 Å². The number of amides is 1. The second kappa shape index (κ2) is 5.99. The smallest absolute Gasteiger partial charge is 0.289 e. The van der Waals surface area contributed by atoms with Gasteiger partial charge in [0.25, 0.3) is 11.5 Å². The van der Waals surface area contributed by atoms with Gasteiger partial charge in [0.15, 0.2) is 5.76 Å². The summed E-state index contributed by atoms with van der Waals surface area (Å²) >= 11 is 6.09. The second-order valence-corrected chi connectivity index (χ2v) is 8.04. The van der Waals surface area contributed by atoms with Crippen molar-refractivity contribution in [2.24, 2.45) is 5.92 Å². The molecule has 5 nitrogen and oxygen atoms in total. The van der Waals surface area contributed by atoms with Gasteiger partial charge in [0.2, 0.25) is 0 Å². The number of carbonyl (C=O) groups is 1. The predicted octanol–water partition coefficient (Wildman–Crippen LogP) is 3.82. The van der Waals surface area contributed by atoms with Gasteiger partial charge in [0.05, 0.1) is 0 Å². The van der Waals surface area contributed by atoms with Gasteiger partial charge in [-0.05, 0) is 43.5 Å². The zero-order valence-corrected chi connectivity index (χ0v) is 15.7. The first-order valence-corrected chi connectivity index (χ1v) is 9.56. The maximum absolute atomic E-state index is 13.2. The minimum Gasteiger partial charge on any atom is -0.451 e. The van der Waals surface area contributed by atoms with Gasteiger partial charge in [-0.3, -0.25) is 9.59 Å². The first-order valence-electron chi connectivity index (χ1n) is 9.19. The number of rotatable bonds is 1. The number of nitrogens with zero attached hydrogens (tertiary/aromatic N) is 2. The van der Waals surface area contributed by atoms with E-state index in [1.807, 2.05) is 34.6 Å². The number of fused-ring (bicyclic) bond motifs is 5. The molecule has 1 aromatic carbocycles. The highest BCUT2D eigenvalue weighted by atomic mass is 35.5. The molecule has 3 aromatic rings.